The molecule has 49 heavy (non-hydrogen) atoms. The summed E-state index contributed by atoms with van der Waals surface area (Å²) in [5.74, 6) is 0. The van der Waals surface area contributed by atoms with E-state index in [0.29, 0.717) is 0 Å². The summed E-state index contributed by atoms with van der Waals surface area (Å²) in [6.07, 6.45) is 0. The van der Waals surface area contributed by atoms with E-state index in [9.17, 15) is 0 Å². The summed E-state index contributed by atoms with van der Waals surface area (Å²) in [6, 6.07) is 62.0. The van der Waals surface area contributed by atoms with Crippen LogP contribution in [0.2, 0.25) is 0 Å². The molecule has 2 heterocycles. The minimum Gasteiger partial charge on any atom is -0.456 e. The number of hydrogen-bond acceptors (Lipinski definition) is 3. The predicted molar refractivity (Wildman–Crippen MR) is 204 cm³/mol. The van der Waals surface area contributed by atoms with Gasteiger partial charge in [-0.05, 0) is 82.6 Å². The highest BCUT2D eigenvalue weighted by molar-refractivity contribution is 6.12. The van der Waals surface area contributed by atoms with Crippen molar-refractivity contribution in [1.82, 2.24) is 0 Å². The van der Waals surface area contributed by atoms with Gasteiger partial charge in [0.15, 0.2) is 0 Å². The van der Waals surface area contributed by atoms with E-state index in [4.69, 9.17) is 8.83 Å². The highest BCUT2D eigenvalue weighted by Crippen LogP contribution is 2.43. The van der Waals surface area contributed by atoms with Crippen molar-refractivity contribution in [3.8, 4) is 22.3 Å². The van der Waals surface area contributed by atoms with Crippen molar-refractivity contribution in [2.75, 3.05) is 4.90 Å². The number of nitrogens with zero attached hydrogens (tertiary/aromatic N) is 1. The number of hydrogen-bond donors (Lipinski definition) is 0. The SMILES string of the molecule is c1ccc(N(c2ccc(-c3cccc4c3oc3ccccc34)cc2)c2ccccc2-c2ccc3oc4cc5ccccc5cc4c3c2)cc1. The molecule has 0 spiro atoms. The number of furan rings is 2. The zero-order valence-electron chi connectivity index (χ0n) is 26.5. The average molecular weight is 628 g/mol. The van der Waals surface area contributed by atoms with Crippen LogP contribution in [0.1, 0.15) is 0 Å². The fourth-order valence-electron chi connectivity index (χ4n) is 7.31. The van der Waals surface area contributed by atoms with Crippen molar-refractivity contribution in [2.45, 2.75) is 0 Å². The van der Waals surface area contributed by atoms with E-state index in [1.165, 1.54) is 10.8 Å². The van der Waals surface area contributed by atoms with Gasteiger partial charge in [0, 0.05) is 44.0 Å². The van der Waals surface area contributed by atoms with Crippen LogP contribution >= 0.6 is 0 Å². The maximum atomic E-state index is 6.37. The Morgan fingerprint density at radius 2 is 0.980 bits per heavy atom. The van der Waals surface area contributed by atoms with E-state index >= 15 is 0 Å². The van der Waals surface area contributed by atoms with Gasteiger partial charge in [-0.15, -0.1) is 0 Å². The Labute approximate surface area is 282 Å². The first-order valence-electron chi connectivity index (χ1n) is 16.6. The van der Waals surface area contributed by atoms with Gasteiger partial charge in [-0.1, -0.05) is 115 Å². The third kappa shape index (κ3) is 4.51. The zero-order chi connectivity index (χ0) is 32.3. The zero-order valence-corrected chi connectivity index (χ0v) is 26.5. The monoisotopic (exact) mass is 627 g/mol. The van der Waals surface area contributed by atoms with Gasteiger partial charge in [0.2, 0.25) is 0 Å². The van der Waals surface area contributed by atoms with Crippen LogP contribution < -0.4 is 4.90 Å². The Morgan fingerprint density at radius 3 is 1.86 bits per heavy atom. The second-order valence-corrected chi connectivity index (χ2v) is 12.5. The van der Waals surface area contributed by atoms with Crippen LogP contribution in [0.5, 0.6) is 0 Å². The summed E-state index contributed by atoms with van der Waals surface area (Å²) in [7, 11) is 0. The fourth-order valence-corrected chi connectivity index (χ4v) is 7.31. The van der Waals surface area contributed by atoms with E-state index in [1.807, 2.05) is 12.1 Å². The van der Waals surface area contributed by atoms with Crippen LogP contribution in [0.15, 0.2) is 185 Å². The lowest BCUT2D eigenvalue weighted by atomic mass is 9.98. The normalized spacial score (nSPS) is 11.7. The molecule has 0 bridgehead atoms. The topological polar surface area (TPSA) is 29.5 Å². The first-order chi connectivity index (χ1) is 24.3. The van der Waals surface area contributed by atoms with E-state index < -0.39 is 0 Å². The van der Waals surface area contributed by atoms with Gasteiger partial charge in [0.25, 0.3) is 0 Å². The van der Waals surface area contributed by atoms with Crippen molar-refractivity contribution in [3.63, 3.8) is 0 Å². The number of benzene rings is 8. The first-order valence-corrected chi connectivity index (χ1v) is 16.6. The molecule has 0 aliphatic heterocycles. The molecule has 2 aromatic heterocycles. The molecule has 0 amide bonds. The summed E-state index contributed by atoms with van der Waals surface area (Å²) < 4.78 is 12.7. The summed E-state index contributed by atoms with van der Waals surface area (Å²) in [4.78, 5) is 2.34. The molecule has 230 valence electrons. The highest BCUT2D eigenvalue weighted by atomic mass is 16.3. The minimum absolute atomic E-state index is 0.890. The maximum Gasteiger partial charge on any atom is 0.143 e. The Bertz CT molecular complexity index is 2830. The van der Waals surface area contributed by atoms with Crippen molar-refractivity contribution in [3.05, 3.63) is 176 Å². The van der Waals surface area contributed by atoms with Crippen LogP contribution in [-0.2, 0) is 0 Å². The summed E-state index contributed by atoms with van der Waals surface area (Å²) in [5, 5.41) is 6.90. The van der Waals surface area contributed by atoms with Crippen LogP contribution in [0.4, 0.5) is 17.1 Å². The average Bonchev–Trinajstić information content (AvgIpc) is 3.72. The third-order valence-corrected chi connectivity index (χ3v) is 9.65. The molecule has 0 aliphatic carbocycles. The minimum atomic E-state index is 0.890. The lowest BCUT2D eigenvalue weighted by Gasteiger charge is -2.28. The largest absolute Gasteiger partial charge is 0.456 e. The van der Waals surface area contributed by atoms with E-state index in [0.717, 1.165) is 83.2 Å². The van der Waals surface area contributed by atoms with E-state index in [2.05, 4.69) is 169 Å². The fraction of sp³-hybridized carbons (Fsp3) is 0. The summed E-state index contributed by atoms with van der Waals surface area (Å²) in [6.45, 7) is 0. The predicted octanol–water partition coefficient (Wildman–Crippen LogP) is 13.4. The van der Waals surface area contributed by atoms with Crippen LogP contribution in [0, 0.1) is 0 Å². The molecule has 0 unspecified atom stereocenters. The maximum absolute atomic E-state index is 6.37. The van der Waals surface area contributed by atoms with Crippen LogP contribution in [0.3, 0.4) is 0 Å². The Kier molecular flexibility index (Phi) is 6.18. The van der Waals surface area contributed by atoms with Gasteiger partial charge in [0.05, 0.1) is 5.69 Å². The standard InChI is InChI=1S/C46H29NO2/c1-2-13-34(14-3-1)47(35-24-21-30(22-25-35)37-17-10-18-39-38-16-7-9-20-43(38)49-46(37)39)42-19-8-6-15-36(42)33-23-26-44-40(28-33)41-27-31-11-4-5-12-32(31)29-45(41)48-44/h1-29H. The van der Waals surface area contributed by atoms with Gasteiger partial charge in [0.1, 0.15) is 22.3 Å². The molecule has 3 heteroatoms. The van der Waals surface area contributed by atoms with Crippen molar-refractivity contribution < 1.29 is 8.83 Å². The second kappa shape index (κ2) is 11.0. The summed E-state index contributed by atoms with van der Waals surface area (Å²) >= 11 is 0. The van der Waals surface area contributed by atoms with Crippen LogP contribution in [0.25, 0.3) is 76.9 Å². The third-order valence-electron chi connectivity index (χ3n) is 9.65. The van der Waals surface area contributed by atoms with Gasteiger partial charge in [-0.25, -0.2) is 0 Å². The molecule has 10 rings (SSSR count). The molecular formula is C46H29NO2. The quantitative estimate of drug-likeness (QED) is 0.190. The van der Waals surface area contributed by atoms with Gasteiger partial charge in [-0.2, -0.15) is 0 Å². The van der Waals surface area contributed by atoms with Gasteiger partial charge >= 0.3 is 0 Å². The smallest absolute Gasteiger partial charge is 0.143 e. The van der Waals surface area contributed by atoms with Crippen molar-refractivity contribution >= 4 is 71.7 Å². The Balaban J connectivity index is 1.10. The molecular weight excluding hydrogens is 599 g/mol. The van der Waals surface area contributed by atoms with Gasteiger partial charge < -0.3 is 13.7 Å². The number of para-hydroxylation sites is 4. The summed E-state index contributed by atoms with van der Waals surface area (Å²) in [5.41, 5.74) is 11.3. The van der Waals surface area contributed by atoms with Crippen molar-refractivity contribution in [2.24, 2.45) is 0 Å². The molecule has 0 fully saturated rings. The Morgan fingerprint density at radius 1 is 0.347 bits per heavy atom. The number of anilines is 3. The lowest BCUT2D eigenvalue weighted by molar-refractivity contribution is 0.669. The highest BCUT2D eigenvalue weighted by Gasteiger charge is 2.19. The molecule has 0 radical (unpaired) electrons. The second-order valence-electron chi connectivity index (χ2n) is 12.5. The van der Waals surface area contributed by atoms with Crippen LogP contribution in [-0.4, -0.2) is 0 Å². The molecule has 8 aromatic carbocycles. The molecule has 0 saturated heterocycles. The van der Waals surface area contributed by atoms with Crippen molar-refractivity contribution in [1.29, 1.82) is 0 Å². The molecule has 0 N–H and O–H groups in total. The first kappa shape index (κ1) is 27.5. The number of fused-ring (bicyclic) bond motifs is 7. The van der Waals surface area contributed by atoms with E-state index in [-0.39, 0.29) is 0 Å². The Hall–Kier alpha value is -6.58. The van der Waals surface area contributed by atoms with E-state index in [1.54, 1.807) is 0 Å². The molecule has 0 atom stereocenters. The number of rotatable bonds is 5. The molecule has 0 aliphatic rings. The molecule has 0 saturated carbocycles. The molecule has 3 nitrogen and oxygen atoms in total. The molecule has 10 aromatic rings. The lowest BCUT2D eigenvalue weighted by Crippen LogP contribution is -2.11. The van der Waals surface area contributed by atoms with Gasteiger partial charge in [-0.3, -0.25) is 0 Å².